The van der Waals surface area contributed by atoms with Crippen LogP contribution in [0.3, 0.4) is 0 Å². The van der Waals surface area contributed by atoms with E-state index in [1.165, 1.54) is 16.5 Å². The number of nitrogens with zero attached hydrogens (tertiary/aromatic N) is 3. The van der Waals surface area contributed by atoms with Gasteiger partial charge in [0.1, 0.15) is 0 Å². The Hall–Kier alpha value is -2.91. The summed E-state index contributed by atoms with van der Waals surface area (Å²) in [6, 6.07) is 16.0. The minimum atomic E-state index is -0.349. The predicted molar refractivity (Wildman–Crippen MR) is 114 cm³/mol. The summed E-state index contributed by atoms with van der Waals surface area (Å²) in [5.41, 5.74) is 8.43. The minimum absolute atomic E-state index is 0.118. The molecule has 4 aromatic rings. The van der Waals surface area contributed by atoms with E-state index < -0.39 is 0 Å². The van der Waals surface area contributed by atoms with Crippen LogP contribution in [0.5, 0.6) is 0 Å². The van der Waals surface area contributed by atoms with Crippen LogP contribution < -0.4 is 11.1 Å². The van der Waals surface area contributed by atoms with Crippen molar-refractivity contribution in [3.8, 4) is 0 Å². The summed E-state index contributed by atoms with van der Waals surface area (Å²) in [6.07, 6.45) is 0.770. The van der Waals surface area contributed by atoms with Gasteiger partial charge in [0.05, 0.1) is 20.5 Å². The average molecular weight is 411 g/mol. The molecule has 1 atom stereocenters. The van der Waals surface area contributed by atoms with E-state index in [1.807, 2.05) is 42.5 Å². The third-order valence-electron chi connectivity index (χ3n) is 4.05. The summed E-state index contributed by atoms with van der Waals surface area (Å²) in [5, 5.41) is 10.6. The number of H-pyrrole nitrogens is 1. The number of benzene rings is 2. The molecule has 142 valence electrons. The van der Waals surface area contributed by atoms with Gasteiger partial charge in [-0.1, -0.05) is 36.0 Å². The molecule has 9 heteroatoms. The number of thiazole rings is 1. The highest BCUT2D eigenvalue weighted by atomic mass is 32.2. The highest BCUT2D eigenvalue weighted by molar-refractivity contribution is 8.00. The lowest BCUT2D eigenvalue weighted by Gasteiger charge is -2.10. The second-order valence-corrected chi connectivity index (χ2v) is 8.62. The molecule has 2 aromatic heterocycles. The lowest BCUT2D eigenvalue weighted by Crippen LogP contribution is -2.22. The van der Waals surface area contributed by atoms with E-state index in [-0.39, 0.29) is 17.1 Å². The number of para-hydroxylation sites is 1. The van der Waals surface area contributed by atoms with E-state index in [1.54, 1.807) is 18.3 Å². The first kappa shape index (κ1) is 18.5. The number of hydrogen-bond acceptors (Lipinski definition) is 7. The highest BCUT2D eigenvalue weighted by Crippen LogP contribution is 2.24. The van der Waals surface area contributed by atoms with Crippen LogP contribution in [0.25, 0.3) is 10.2 Å². The van der Waals surface area contributed by atoms with Gasteiger partial charge >= 0.3 is 0 Å². The lowest BCUT2D eigenvalue weighted by molar-refractivity contribution is -0.115. The van der Waals surface area contributed by atoms with Crippen molar-refractivity contribution in [2.75, 3.05) is 11.1 Å². The molecule has 7 nitrogen and oxygen atoms in total. The maximum atomic E-state index is 12.4. The Labute approximate surface area is 169 Å². The second-order valence-electron chi connectivity index (χ2n) is 6.20. The Morgan fingerprint density at radius 2 is 2.00 bits per heavy atom. The molecule has 1 amide bonds. The van der Waals surface area contributed by atoms with Gasteiger partial charge in [-0.3, -0.25) is 4.79 Å². The molecule has 4 rings (SSSR count). The molecule has 0 fully saturated rings. The molecule has 0 saturated heterocycles. The van der Waals surface area contributed by atoms with Gasteiger partial charge < -0.3 is 11.1 Å². The molecule has 0 radical (unpaired) electrons. The number of aromatic nitrogens is 4. The molecule has 0 spiro atoms. The zero-order valence-corrected chi connectivity index (χ0v) is 16.7. The molecule has 4 N–H and O–H groups in total. The van der Waals surface area contributed by atoms with E-state index in [9.17, 15) is 4.79 Å². The van der Waals surface area contributed by atoms with Crippen molar-refractivity contribution in [1.29, 1.82) is 0 Å². The number of rotatable bonds is 6. The Morgan fingerprint density at radius 3 is 2.71 bits per heavy atom. The van der Waals surface area contributed by atoms with E-state index in [0.717, 1.165) is 28.2 Å². The van der Waals surface area contributed by atoms with E-state index in [0.29, 0.717) is 5.16 Å². The predicted octanol–water partition coefficient (Wildman–Crippen LogP) is 3.71. The summed E-state index contributed by atoms with van der Waals surface area (Å²) in [6.45, 7) is 1.80. The maximum Gasteiger partial charge on any atom is 0.237 e. The summed E-state index contributed by atoms with van der Waals surface area (Å²) in [5.74, 6) is 0.117. The third kappa shape index (κ3) is 4.32. The molecule has 0 aliphatic heterocycles. The first-order valence-electron chi connectivity index (χ1n) is 8.65. The Morgan fingerprint density at radius 1 is 1.21 bits per heavy atom. The van der Waals surface area contributed by atoms with E-state index in [4.69, 9.17) is 5.73 Å². The van der Waals surface area contributed by atoms with Gasteiger partial charge in [0.15, 0.2) is 0 Å². The van der Waals surface area contributed by atoms with Crippen LogP contribution >= 0.6 is 23.1 Å². The number of fused-ring (bicyclic) bond motifs is 1. The number of nitrogen functional groups attached to an aromatic ring is 1. The van der Waals surface area contributed by atoms with Crippen LogP contribution in [0.15, 0.2) is 53.7 Å². The average Bonchev–Trinajstić information content (AvgIpc) is 3.28. The third-order valence-corrected chi connectivity index (χ3v) is 6.05. The minimum Gasteiger partial charge on any atom is -0.368 e. The fourth-order valence-corrected chi connectivity index (χ4v) is 4.38. The van der Waals surface area contributed by atoms with Gasteiger partial charge in [-0.25, -0.2) is 10.1 Å². The topological polar surface area (TPSA) is 110 Å². The standard InChI is InChI=1S/C19H18N6OS2/c1-11(27-19-23-18(20)24-25-19)17(26)21-13-8-6-12(7-9-13)10-16-22-14-4-2-3-5-15(14)28-16/h2-9,11H,10H2,1H3,(H,21,26)(H3,20,23,24,25)/t11-/m1/s1. The van der Waals surface area contributed by atoms with Gasteiger partial charge in [-0.15, -0.1) is 16.4 Å². The Kier molecular flexibility index (Phi) is 5.27. The molecule has 0 aliphatic carbocycles. The summed E-state index contributed by atoms with van der Waals surface area (Å²) in [4.78, 5) is 21.0. The monoisotopic (exact) mass is 410 g/mol. The zero-order valence-electron chi connectivity index (χ0n) is 15.0. The molecular formula is C19H18N6OS2. The molecule has 0 saturated carbocycles. The lowest BCUT2D eigenvalue weighted by atomic mass is 10.1. The van der Waals surface area contributed by atoms with Gasteiger partial charge in [-0.05, 0) is 36.8 Å². The number of aromatic amines is 1. The number of amides is 1. The van der Waals surface area contributed by atoms with Crippen LogP contribution in [0, 0.1) is 0 Å². The Balaban J connectivity index is 1.36. The fraction of sp³-hybridized carbons (Fsp3) is 0.158. The molecule has 28 heavy (non-hydrogen) atoms. The quantitative estimate of drug-likeness (QED) is 0.418. The number of thioether (sulfide) groups is 1. The van der Waals surface area contributed by atoms with Crippen molar-refractivity contribution in [2.24, 2.45) is 0 Å². The second kappa shape index (κ2) is 7.99. The molecule has 0 aliphatic rings. The van der Waals surface area contributed by atoms with Crippen molar-refractivity contribution in [3.63, 3.8) is 0 Å². The normalized spacial score (nSPS) is 12.2. The molecule has 0 unspecified atom stereocenters. The smallest absolute Gasteiger partial charge is 0.237 e. The number of nitrogens with one attached hydrogen (secondary N) is 2. The maximum absolute atomic E-state index is 12.4. The zero-order chi connectivity index (χ0) is 19.5. The largest absolute Gasteiger partial charge is 0.368 e. The first-order valence-corrected chi connectivity index (χ1v) is 10.4. The van der Waals surface area contributed by atoms with Crippen molar-refractivity contribution in [2.45, 2.75) is 23.8 Å². The van der Waals surface area contributed by atoms with Gasteiger partial charge in [0, 0.05) is 12.1 Å². The molecular weight excluding hydrogens is 392 g/mol. The molecule has 2 heterocycles. The number of hydrogen-bond donors (Lipinski definition) is 3. The van der Waals surface area contributed by atoms with Crippen molar-refractivity contribution in [1.82, 2.24) is 20.2 Å². The Bertz CT molecular complexity index is 1070. The van der Waals surface area contributed by atoms with Crippen LogP contribution in [-0.4, -0.2) is 31.3 Å². The first-order chi connectivity index (χ1) is 13.6. The van der Waals surface area contributed by atoms with Crippen molar-refractivity contribution >= 4 is 50.9 Å². The van der Waals surface area contributed by atoms with Crippen LogP contribution in [0.2, 0.25) is 0 Å². The molecule has 2 aromatic carbocycles. The van der Waals surface area contributed by atoms with Crippen LogP contribution in [-0.2, 0) is 11.2 Å². The van der Waals surface area contributed by atoms with Crippen LogP contribution in [0.4, 0.5) is 11.6 Å². The SMILES string of the molecule is C[C@@H](Sc1n[nH]c(N)n1)C(=O)Nc1ccc(Cc2nc3ccccc3s2)cc1. The summed E-state index contributed by atoms with van der Waals surface area (Å²) in [7, 11) is 0. The van der Waals surface area contributed by atoms with Crippen molar-refractivity contribution in [3.05, 3.63) is 59.1 Å². The summed E-state index contributed by atoms with van der Waals surface area (Å²) >= 11 is 2.95. The van der Waals surface area contributed by atoms with Crippen molar-refractivity contribution < 1.29 is 4.79 Å². The van der Waals surface area contributed by atoms with E-state index >= 15 is 0 Å². The number of anilines is 2. The summed E-state index contributed by atoms with van der Waals surface area (Å²) < 4.78 is 1.20. The van der Waals surface area contributed by atoms with E-state index in [2.05, 4.69) is 31.5 Å². The van der Waals surface area contributed by atoms with Crippen LogP contribution in [0.1, 0.15) is 17.5 Å². The fourth-order valence-electron chi connectivity index (χ4n) is 2.64. The van der Waals surface area contributed by atoms with Gasteiger partial charge in [-0.2, -0.15) is 4.98 Å². The highest BCUT2D eigenvalue weighted by Gasteiger charge is 2.17. The number of carbonyl (C=O) groups excluding carboxylic acids is 1. The molecule has 0 bridgehead atoms. The van der Waals surface area contributed by atoms with Gasteiger partial charge in [0.25, 0.3) is 0 Å². The number of carbonyl (C=O) groups is 1. The number of nitrogens with two attached hydrogens (primary N) is 1. The van der Waals surface area contributed by atoms with Gasteiger partial charge in [0.2, 0.25) is 17.0 Å².